The van der Waals surface area contributed by atoms with Crippen molar-refractivity contribution in [3.8, 4) is 5.75 Å². The molecule has 0 radical (unpaired) electrons. The fourth-order valence-corrected chi connectivity index (χ4v) is 3.04. The molecular weight excluding hydrogens is 368 g/mol. The summed E-state index contributed by atoms with van der Waals surface area (Å²) in [7, 11) is 0. The Bertz CT molecular complexity index is 717. The van der Waals surface area contributed by atoms with Crippen LogP contribution >= 0.6 is 11.6 Å². The van der Waals surface area contributed by atoms with Gasteiger partial charge in [-0.25, -0.2) is 0 Å². The number of halogens is 1. The zero-order chi connectivity index (χ0) is 20.0. The molecule has 0 saturated heterocycles. The van der Waals surface area contributed by atoms with Gasteiger partial charge in [0.1, 0.15) is 18.0 Å². The summed E-state index contributed by atoms with van der Waals surface area (Å²) in [5, 5.41) is 39.8. The molecule has 0 saturated carbocycles. The number of aliphatic hydroxyl groups excluding tert-OH is 4. The third-order valence-corrected chi connectivity index (χ3v) is 4.79. The minimum atomic E-state index is -1.43. The topological polar surface area (TPSA) is 90.2 Å². The van der Waals surface area contributed by atoms with E-state index in [-0.39, 0.29) is 6.42 Å². The maximum absolute atomic E-state index is 10.2. The molecule has 2 aromatic rings. The maximum atomic E-state index is 10.2. The van der Waals surface area contributed by atoms with Gasteiger partial charge in [-0.05, 0) is 55.2 Å². The molecule has 0 spiro atoms. The van der Waals surface area contributed by atoms with Gasteiger partial charge in [-0.1, -0.05) is 35.9 Å². The molecule has 0 aliphatic rings. The van der Waals surface area contributed by atoms with Gasteiger partial charge in [0.15, 0.2) is 0 Å². The van der Waals surface area contributed by atoms with Gasteiger partial charge in [-0.3, -0.25) is 0 Å². The van der Waals surface area contributed by atoms with Crippen LogP contribution < -0.4 is 4.74 Å². The highest BCUT2D eigenvalue weighted by Gasteiger charge is 2.28. The summed E-state index contributed by atoms with van der Waals surface area (Å²) in [5.41, 5.74) is 2.75. The Morgan fingerprint density at radius 1 is 0.926 bits per heavy atom. The zero-order valence-corrected chi connectivity index (χ0v) is 16.3. The van der Waals surface area contributed by atoms with Crippen LogP contribution in [-0.4, -0.2) is 51.4 Å². The lowest BCUT2D eigenvalue weighted by Gasteiger charge is -2.25. The second-order valence-corrected chi connectivity index (χ2v) is 7.08. The van der Waals surface area contributed by atoms with E-state index in [1.54, 1.807) is 12.1 Å². The van der Waals surface area contributed by atoms with Crippen molar-refractivity contribution < 1.29 is 25.2 Å². The average molecular weight is 395 g/mol. The molecule has 0 bridgehead atoms. The Morgan fingerprint density at radius 2 is 1.56 bits per heavy atom. The highest BCUT2D eigenvalue weighted by molar-refractivity contribution is 6.31. The van der Waals surface area contributed by atoms with E-state index in [1.165, 1.54) is 6.92 Å². The van der Waals surface area contributed by atoms with E-state index in [0.29, 0.717) is 18.1 Å². The quantitative estimate of drug-likeness (QED) is 0.524. The number of hydrogen-bond donors (Lipinski definition) is 4. The fraction of sp³-hybridized carbons (Fsp3) is 0.429. The van der Waals surface area contributed by atoms with Crippen molar-refractivity contribution in [1.82, 2.24) is 0 Å². The molecule has 0 aromatic heterocycles. The normalized spacial score (nSPS) is 15.8. The lowest BCUT2D eigenvalue weighted by atomic mass is 9.96. The van der Waals surface area contributed by atoms with Crippen molar-refractivity contribution >= 4 is 11.6 Å². The van der Waals surface area contributed by atoms with Crippen LogP contribution in [0.2, 0.25) is 5.02 Å². The average Bonchev–Trinajstić information content (AvgIpc) is 2.64. The molecule has 4 N–H and O–H groups in total. The molecule has 0 unspecified atom stereocenters. The smallest absolute Gasteiger partial charge is 0.119 e. The highest BCUT2D eigenvalue weighted by Crippen LogP contribution is 2.23. The SMILES string of the molecule is CCOc1ccc(Cc2cc(C[C@H](O)[C@@H](O)[C@H](O)[C@@H](C)O)ccc2Cl)cc1. The minimum absolute atomic E-state index is 0.137. The monoisotopic (exact) mass is 394 g/mol. The molecule has 5 nitrogen and oxygen atoms in total. The van der Waals surface area contributed by atoms with Gasteiger partial charge >= 0.3 is 0 Å². The summed E-state index contributed by atoms with van der Waals surface area (Å²) in [6.45, 7) is 3.91. The molecule has 4 atom stereocenters. The zero-order valence-electron chi connectivity index (χ0n) is 15.5. The Kier molecular flexibility index (Phi) is 8.07. The van der Waals surface area contributed by atoms with Crippen LogP contribution in [0.25, 0.3) is 0 Å². The van der Waals surface area contributed by atoms with Crippen molar-refractivity contribution in [3.63, 3.8) is 0 Å². The molecule has 0 aliphatic carbocycles. The number of rotatable bonds is 9. The molecule has 0 aliphatic heterocycles. The number of hydrogen-bond acceptors (Lipinski definition) is 5. The molecule has 2 rings (SSSR count). The Morgan fingerprint density at radius 3 is 2.15 bits per heavy atom. The molecular formula is C21H27ClO5. The third kappa shape index (κ3) is 6.19. The Balaban J connectivity index is 2.09. The summed E-state index contributed by atoms with van der Waals surface area (Å²) >= 11 is 6.31. The first-order valence-electron chi connectivity index (χ1n) is 9.03. The van der Waals surface area contributed by atoms with Gasteiger partial charge in [0, 0.05) is 11.4 Å². The van der Waals surface area contributed by atoms with E-state index >= 15 is 0 Å². The summed E-state index contributed by atoms with van der Waals surface area (Å²) in [4.78, 5) is 0. The number of aliphatic hydroxyl groups is 4. The van der Waals surface area contributed by atoms with Crippen molar-refractivity contribution in [2.45, 2.75) is 51.1 Å². The third-order valence-electron chi connectivity index (χ3n) is 4.42. The molecule has 0 amide bonds. The number of benzene rings is 2. The molecule has 27 heavy (non-hydrogen) atoms. The molecule has 0 heterocycles. The maximum Gasteiger partial charge on any atom is 0.119 e. The van der Waals surface area contributed by atoms with Crippen LogP contribution in [0.4, 0.5) is 0 Å². The largest absolute Gasteiger partial charge is 0.494 e. The van der Waals surface area contributed by atoms with Gasteiger partial charge in [-0.15, -0.1) is 0 Å². The van der Waals surface area contributed by atoms with Crippen molar-refractivity contribution in [2.24, 2.45) is 0 Å². The van der Waals surface area contributed by atoms with Gasteiger partial charge in [-0.2, -0.15) is 0 Å². The van der Waals surface area contributed by atoms with Crippen LogP contribution in [0.1, 0.15) is 30.5 Å². The summed E-state index contributed by atoms with van der Waals surface area (Å²) in [6, 6.07) is 13.2. The summed E-state index contributed by atoms with van der Waals surface area (Å²) < 4.78 is 5.44. The second kappa shape index (κ2) is 10.1. The second-order valence-electron chi connectivity index (χ2n) is 6.67. The number of ether oxygens (including phenoxy) is 1. The fourth-order valence-electron chi connectivity index (χ4n) is 2.86. The van der Waals surface area contributed by atoms with Crippen LogP contribution in [0.15, 0.2) is 42.5 Å². The van der Waals surface area contributed by atoms with E-state index in [0.717, 1.165) is 22.4 Å². The predicted octanol–water partition coefficient (Wildman–Crippen LogP) is 2.34. The van der Waals surface area contributed by atoms with E-state index in [4.69, 9.17) is 16.3 Å². The highest BCUT2D eigenvalue weighted by atomic mass is 35.5. The van der Waals surface area contributed by atoms with E-state index in [2.05, 4.69) is 0 Å². The molecule has 148 valence electrons. The van der Waals surface area contributed by atoms with Gasteiger partial charge in [0.25, 0.3) is 0 Å². The van der Waals surface area contributed by atoms with Gasteiger partial charge in [0.2, 0.25) is 0 Å². The van der Waals surface area contributed by atoms with E-state index in [9.17, 15) is 20.4 Å². The lowest BCUT2D eigenvalue weighted by molar-refractivity contribution is -0.0992. The van der Waals surface area contributed by atoms with Crippen LogP contribution in [0, 0.1) is 0 Å². The van der Waals surface area contributed by atoms with Gasteiger partial charge < -0.3 is 25.2 Å². The van der Waals surface area contributed by atoms with Crippen molar-refractivity contribution in [2.75, 3.05) is 6.61 Å². The van der Waals surface area contributed by atoms with Gasteiger partial charge in [0.05, 0.1) is 18.8 Å². The standard InChI is InChI=1S/C21H27ClO5/c1-3-27-17-7-4-14(5-8-17)10-16-11-15(6-9-18(16)22)12-19(24)21(26)20(25)13(2)23/h4-9,11,13,19-21,23-26H,3,10,12H2,1-2H3/t13-,19+,20-,21-/m1/s1. The van der Waals surface area contributed by atoms with E-state index in [1.807, 2.05) is 37.3 Å². The minimum Gasteiger partial charge on any atom is -0.494 e. The first-order valence-corrected chi connectivity index (χ1v) is 9.41. The lowest BCUT2D eigenvalue weighted by Crippen LogP contribution is -2.44. The summed E-state index contributed by atoms with van der Waals surface area (Å²) in [5.74, 6) is 0.815. The van der Waals surface area contributed by atoms with E-state index < -0.39 is 24.4 Å². The van der Waals surface area contributed by atoms with Crippen LogP contribution in [0.3, 0.4) is 0 Å². The molecule has 6 heteroatoms. The molecule has 0 fully saturated rings. The van der Waals surface area contributed by atoms with Crippen LogP contribution in [-0.2, 0) is 12.8 Å². The summed E-state index contributed by atoms with van der Waals surface area (Å²) in [6.07, 6.45) is -4.41. The van der Waals surface area contributed by atoms with Crippen LogP contribution in [0.5, 0.6) is 5.75 Å². The Hall–Kier alpha value is -1.63. The van der Waals surface area contributed by atoms with Crippen molar-refractivity contribution in [1.29, 1.82) is 0 Å². The first-order chi connectivity index (χ1) is 12.8. The first kappa shape index (κ1) is 21.7. The van der Waals surface area contributed by atoms with Crippen molar-refractivity contribution in [3.05, 3.63) is 64.2 Å². The molecule has 2 aromatic carbocycles. The predicted molar refractivity (Wildman–Crippen MR) is 105 cm³/mol. The Labute approximate surface area is 164 Å².